The zero-order valence-electron chi connectivity index (χ0n) is 14.6. The summed E-state index contributed by atoms with van der Waals surface area (Å²) >= 11 is 0. The molecule has 0 aliphatic heterocycles. The van der Waals surface area contributed by atoms with Crippen molar-refractivity contribution < 1.29 is 14.2 Å². The summed E-state index contributed by atoms with van der Waals surface area (Å²) in [6.07, 6.45) is 1.54. The molecule has 0 aliphatic carbocycles. The van der Waals surface area contributed by atoms with E-state index in [1.54, 1.807) is 33.6 Å². The average Bonchev–Trinajstić information content (AvgIpc) is 2.67. The molecule has 3 rings (SSSR count). The van der Waals surface area contributed by atoms with Crippen LogP contribution in [0.5, 0.6) is 17.2 Å². The van der Waals surface area contributed by atoms with Crippen molar-refractivity contribution in [1.29, 1.82) is 5.26 Å². The molecule has 1 heterocycles. The minimum Gasteiger partial charge on any atom is -0.497 e. The van der Waals surface area contributed by atoms with E-state index in [1.165, 1.54) is 0 Å². The van der Waals surface area contributed by atoms with Gasteiger partial charge in [0.25, 0.3) is 0 Å². The fraction of sp³-hybridized carbons (Fsp3) is 0.158. The van der Waals surface area contributed by atoms with Crippen LogP contribution >= 0.6 is 12.4 Å². The van der Waals surface area contributed by atoms with Crippen molar-refractivity contribution in [3.05, 3.63) is 48.2 Å². The molecule has 6 nitrogen and oxygen atoms in total. The molecule has 0 unspecified atom stereocenters. The number of ether oxygens (including phenoxy) is 3. The third-order valence-electron chi connectivity index (χ3n) is 3.82. The van der Waals surface area contributed by atoms with Crippen LogP contribution in [0.3, 0.4) is 0 Å². The fourth-order valence-electron chi connectivity index (χ4n) is 2.54. The topological polar surface area (TPSA) is 76.4 Å². The lowest BCUT2D eigenvalue weighted by molar-refractivity contribution is 0.395. The highest BCUT2D eigenvalue weighted by Crippen LogP contribution is 2.33. The molecule has 26 heavy (non-hydrogen) atoms. The summed E-state index contributed by atoms with van der Waals surface area (Å²) < 4.78 is 15.8. The van der Waals surface area contributed by atoms with Crippen molar-refractivity contribution >= 4 is 34.7 Å². The summed E-state index contributed by atoms with van der Waals surface area (Å²) in [6, 6.07) is 13.2. The van der Waals surface area contributed by atoms with Gasteiger partial charge in [-0.2, -0.15) is 5.26 Å². The van der Waals surface area contributed by atoms with Crippen LogP contribution in [0.15, 0.2) is 42.6 Å². The van der Waals surface area contributed by atoms with Gasteiger partial charge in [-0.15, -0.1) is 12.4 Å². The first kappa shape index (κ1) is 19.2. The van der Waals surface area contributed by atoms with E-state index in [4.69, 9.17) is 14.2 Å². The second-order valence-electron chi connectivity index (χ2n) is 5.27. The molecule has 0 saturated heterocycles. The minimum absolute atomic E-state index is 0. The maximum absolute atomic E-state index is 9.45. The number of hydrogen-bond donors (Lipinski definition) is 1. The highest BCUT2D eigenvalue weighted by molar-refractivity contribution is 5.96. The third-order valence-corrected chi connectivity index (χ3v) is 3.82. The largest absolute Gasteiger partial charge is 0.497 e. The molecule has 2 aromatic carbocycles. The van der Waals surface area contributed by atoms with E-state index >= 15 is 0 Å². The van der Waals surface area contributed by atoms with Crippen LogP contribution in [0.1, 0.15) is 5.56 Å². The molecule has 0 aliphatic rings. The van der Waals surface area contributed by atoms with Crippen LogP contribution in [0.4, 0.5) is 11.4 Å². The first-order valence-electron chi connectivity index (χ1n) is 7.55. The smallest absolute Gasteiger partial charge is 0.124 e. The van der Waals surface area contributed by atoms with Crippen molar-refractivity contribution in [3.63, 3.8) is 0 Å². The van der Waals surface area contributed by atoms with E-state index in [1.807, 2.05) is 30.3 Å². The van der Waals surface area contributed by atoms with Gasteiger partial charge < -0.3 is 19.5 Å². The summed E-state index contributed by atoms with van der Waals surface area (Å²) in [5.41, 5.74) is 2.59. The monoisotopic (exact) mass is 371 g/mol. The van der Waals surface area contributed by atoms with Gasteiger partial charge in [-0.25, -0.2) is 0 Å². The summed E-state index contributed by atoms with van der Waals surface area (Å²) in [5, 5.41) is 13.6. The highest BCUT2D eigenvalue weighted by atomic mass is 35.5. The van der Waals surface area contributed by atoms with E-state index in [2.05, 4.69) is 16.4 Å². The van der Waals surface area contributed by atoms with Crippen LogP contribution in [0, 0.1) is 11.3 Å². The van der Waals surface area contributed by atoms with Crippen molar-refractivity contribution in [2.45, 2.75) is 0 Å². The zero-order valence-corrected chi connectivity index (χ0v) is 15.4. The van der Waals surface area contributed by atoms with Crippen LogP contribution in [-0.2, 0) is 0 Å². The lowest BCUT2D eigenvalue weighted by Crippen LogP contribution is -1.98. The normalized spacial score (nSPS) is 9.77. The molecule has 0 saturated carbocycles. The Labute approximate surface area is 157 Å². The number of fused-ring (bicyclic) bond motifs is 1. The maximum Gasteiger partial charge on any atom is 0.124 e. The molecule has 1 N–H and O–H groups in total. The van der Waals surface area contributed by atoms with Gasteiger partial charge >= 0.3 is 0 Å². The quantitative estimate of drug-likeness (QED) is 0.720. The second-order valence-corrected chi connectivity index (χ2v) is 5.27. The van der Waals surface area contributed by atoms with Crippen LogP contribution < -0.4 is 19.5 Å². The number of anilines is 2. The van der Waals surface area contributed by atoms with E-state index in [9.17, 15) is 5.26 Å². The molecule has 0 bridgehead atoms. The summed E-state index contributed by atoms with van der Waals surface area (Å²) in [4.78, 5) is 4.34. The highest BCUT2D eigenvalue weighted by Gasteiger charge is 2.11. The van der Waals surface area contributed by atoms with Crippen molar-refractivity contribution in [1.82, 2.24) is 4.98 Å². The molecular formula is C19H18ClN3O3. The fourth-order valence-corrected chi connectivity index (χ4v) is 2.54. The molecular weight excluding hydrogens is 354 g/mol. The van der Waals surface area contributed by atoms with E-state index in [0.717, 1.165) is 16.6 Å². The van der Waals surface area contributed by atoms with Gasteiger partial charge in [-0.05, 0) is 12.1 Å². The summed E-state index contributed by atoms with van der Waals surface area (Å²) in [7, 11) is 4.78. The summed E-state index contributed by atoms with van der Waals surface area (Å²) in [6.45, 7) is 0. The zero-order chi connectivity index (χ0) is 17.8. The van der Waals surface area contributed by atoms with Crippen molar-refractivity contribution in [3.8, 4) is 23.3 Å². The first-order valence-corrected chi connectivity index (χ1v) is 7.55. The first-order chi connectivity index (χ1) is 12.2. The average molecular weight is 372 g/mol. The Morgan fingerprint density at radius 2 is 1.58 bits per heavy atom. The van der Waals surface area contributed by atoms with Gasteiger partial charge in [0.05, 0.1) is 38.1 Å². The molecule has 0 atom stereocenters. The van der Waals surface area contributed by atoms with Crippen molar-refractivity contribution in [2.75, 3.05) is 26.6 Å². The van der Waals surface area contributed by atoms with Gasteiger partial charge in [0.15, 0.2) is 0 Å². The van der Waals surface area contributed by atoms with Crippen LogP contribution in [0.25, 0.3) is 10.9 Å². The Morgan fingerprint density at radius 1 is 0.923 bits per heavy atom. The van der Waals surface area contributed by atoms with Gasteiger partial charge in [-0.3, -0.25) is 4.98 Å². The number of nitrogens with one attached hydrogen (secondary N) is 1. The molecule has 1 aromatic heterocycles. The number of pyridine rings is 1. The van der Waals surface area contributed by atoms with Gasteiger partial charge in [0.1, 0.15) is 23.3 Å². The van der Waals surface area contributed by atoms with Gasteiger partial charge in [0.2, 0.25) is 0 Å². The number of aromatic nitrogens is 1. The van der Waals surface area contributed by atoms with Crippen molar-refractivity contribution in [2.24, 2.45) is 0 Å². The molecule has 7 heteroatoms. The Morgan fingerprint density at radius 3 is 2.15 bits per heavy atom. The number of halogens is 1. The Balaban J connectivity index is 0.00000243. The third kappa shape index (κ3) is 3.73. The van der Waals surface area contributed by atoms with Gasteiger partial charge in [0, 0.05) is 41.5 Å². The standard InChI is InChI=1S/C19H17N3O3.ClH/c1-23-14-4-5-17-18(9-14)21-11-12(10-20)19(17)22-13-6-15(24-2)8-16(7-13)25-3;/h4-9,11H,1-3H3,(H,21,22);1H. The number of benzene rings is 2. The molecule has 3 aromatic rings. The van der Waals surface area contributed by atoms with Crippen LogP contribution in [0.2, 0.25) is 0 Å². The summed E-state index contributed by atoms with van der Waals surface area (Å²) in [5.74, 6) is 2.01. The SMILES string of the molecule is COc1cc(Nc2c(C#N)cnc3cc(OC)ccc23)cc(OC)c1.Cl. The number of methoxy groups -OCH3 is 3. The van der Waals surface area contributed by atoms with Crippen LogP contribution in [-0.4, -0.2) is 26.3 Å². The van der Waals surface area contributed by atoms with E-state index in [0.29, 0.717) is 28.5 Å². The number of nitriles is 1. The van der Waals surface area contributed by atoms with E-state index in [-0.39, 0.29) is 12.4 Å². The Kier molecular flexibility index (Phi) is 6.10. The molecule has 0 fully saturated rings. The number of rotatable bonds is 5. The molecule has 0 radical (unpaired) electrons. The lowest BCUT2D eigenvalue weighted by Gasteiger charge is -2.14. The minimum atomic E-state index is 0. The molecule has 0 amide bonds. The number of nitrogens with zero attached hydrogens (tertiary/aromatic N) is 2. The lowest BCUT2D eigenvalue weighted by atomic mass is 10.1. The van der Waals surface area contributed by atoms with Gasteiger partial charge in [-0.1, -0.05) is 0 Å². The van der Waals surface area contributed by atoms with E-state index < -0.39 is 0 Å². The second kappa shape index (κ2) is 8.28. The molecule has 0 spiro atoms. The molecule has 134 valence electrons. The predicted octanol–water partition coefficient (Wildman–Crippen LogP) is 4.30. The maximum atomic E-state index is 9.45. The predicted molar refractivity (Wildman–Crippen MR) is 103 cm³/mol. The Bertz CT molecular complexity index is 948. The number of hydrogen-bond acceptors (Lipinski definition) is 6. The Hall–Kier alpha value is -3.17.